The van der Waals surface area contributed by atoms with E-state index >= 15 is 0 Å². The van der Waals surface area contributed by atoms with Gasteiger partial charge in [-0.05, 0) is 36.2 Å². The topological polar surface area (TPSA) is 34.9 Å². The van der Waals surface area contributed by atoms with E-state index in [1.807, 2.05) is 91.0 Å². The fourth-order valence-corrected chi connectivity index (χ4v) is 4.44. The second kappa shape index (κ2) is 9.43. The van der Waals surface area contributed by atoms with Crippen molar-refractivity contribution in [1.82, 2.24) is 9.55 Å². The lowest BCUT2D eigenvalue weighted by Gasteiger charge is -2.23. The predicted octanol–water partition coefficient (Wildman–Crippen LogP) is 7.61. The maximum atomic E-state index is 13.0. The largest absolute Gasteiger partial charge is 0.316 e. The summed E-state index contributed by atoms with van der Waals surface area (Å²) in [6.45, 7) is 0. The van der Waals surface area contributed by atoms with Crippen LogP contribution in [0.1, 0.15) is 34.8 Å². The molecule has 33 heavy (non-hydrogen) atoms. The quantitative estimate of drug-likeness (QED) is 0.239. The van der Waals surface area contributed by atoms with Crippen LogP contribution in [0.3, 0.4) is 0 Å². The zero-order chi connectivity index (χ0) is 22.6. The molecule has 0 aliphatic rings. The number of fused-ring (bicyclic) bond motifs is 1. The molecule has 4 aromatic carbocycles. The number of rotatable bonds is 7. The fourth-order valence-electron chi connectivity index (χ4n) is 4.32. The number of carbonyl (C=O) groups excluding carboxylic acids is 1. The average molecular weight is 451 g/mol. The van der Waals surface area contributed by atoms with Crippen molar-refractivity contribution in [2.75, 3.05) is 0 Å². The molecule has 0 saturated heterocycles. The summed E-state index contributed by atoms with van der Waals surface area (Å²) in [5.41, 5.74) is 4.86. The lowest BCUT2D eigenvalue weighted by Crippen LogP contribution is -2.14. The molecule has 4 heteroatoms. The Morgan fingerprint density at radius 2 is 1.42 bits per heavy atom. The van der Waals surface area contributed by atoms with Crippen molar-refractivity contribution in [3.8, 4) is 11.4 Å². The SMILES string of the molecule is O=C(CCC(c1ccc(Cl)cc1)n1c(-c2ccccc2)nc2ccccc21)c1ccccc1. The van der Waals surface area contributed by atoms with Crippen molar-refractivity contribution in [3.63, 3.8) is 0 Å². The Balaban J connectivity index is 1.62. The molecule has 5 aromatic rings. The number of imidazole rings is 1. The van der Waals surface area contributed by atoms with E-state index in [1.165, 1.54) is 0 Å². The molecule has 0 aliphatic heterocycles. The Labute approximate surface area is 198 Å². The first kappa shape index (κ1) is 21.2. The van der Waals surface area contributed by atoms with E-state index in [9.17, 15) is 4.79 Å². The third-order valence-electron chi connectivity index (χ3n) is 5.93. The molecule has 3 nitrogen and oxygen atoms in total. The number of ketones is 1. The Morgan fingerprint density at radius 3 is 2.15 bits per heavy atom. The number of Topliss-reactive ketones (excluding diaryl/α,β-unsaturated/α-hetero) is 1. The van der Waals surface area contributed by atoms with Crippen LogP contribution >= 0.6 is 11.6 Å². The minimum atomic E-state index is -0.0717. The van der Waals surface area contributed by atoms with Gasteiger partial charge in [0.05, 0.1) is 17.1 Å². The van der Waals surface area contributed by atoms with Crippen LogP contribution in [0.5, 0.6) is 0 Å². The first-order valence-electron chi connectivity index (χ1n) is 11.1. The van der Waals surface area contributed by atoms with Crippen LogP contribution in [0.25, 0.3) is 22.4 Å². The molecule has 1 atom stereocenters. The molecule has 0 spiro atoms. The van der Waals surface area contributed by atoms with Gasteiger partial charge in [0.15, 0.2) is 5.78 Å². The van der Waals surface area contributed by atoms with Crippen LogP contribution in [0.4, 0.5) is 0 Å². The first-order chi connectivity index (χ1) is 16.2. The molecule has 0 bridgehead atoms. The van der Waals surface area contributed by atoms with Crippen LogP contribution in [-0.2, 0) is 0 Å². The van der Waals surface area contributed by atoms with Gasteiger partial charge in [-0.3, -0.25) is 4.79 Å². The second-order valence-corrected chi connectivity index (χ2v) is 8.49. The molecular weight excluding hydrogens is 428 g/mol. The van der Waals surface area contributed by atoms with E-state index in [2.05, 4.69) is 22.8 Å². The third kappa shape index (κ3) is 4.46. The summed E-state index contributed by atoms with van der Waals surface area (Å²) in [6, 6.07) is 35.7. The number of halogens is 1. The highest BCUT2D eigenvalue weighted by Crippen LogP contribution is 2.35. The van der Waals surface area contributed by atoms with E-state index in [-0.39, 0.29) is 11.8 Å². The van der Waals surface area contributed by atoms with Gasteiger partial charge >= 0.3 is 0 Å². The molecule has 1 unspecified atom stereocenters. The summed E-state index contributed by atoms with van der Waals surface area (Å²) in [5, 5.41) is 0.691. The van der Waals surface area contributed by atoms with E-state index in [1.54, 1.807) is 0 Å². The molecule has 0 saturated carbocycles. The molecule has 1 heterocycles. The van der Waals surface area contributed by atoms with Gasteiger partial charge in [0, 0.05) is 22.6 Å². The van der Waals surface area contributed by atoms with E-state index in [0.717, 1.165) is 33.5 Å². The van der Waals surface area contributed by atoms with E-state index in [4.69, 9.17) is 16.6 Å². The molecule has 1 aromatic heterocycles. The number of nitrogens with zero attached hydrogens (tertiary/aromatic N) is 2. The highest BCUT2D eigenvalue weighted by molar-refractivity contribution is 6.30. The van der Waals surface area contributed by atoms with E-state index in [0.29, 0.717) is 17.9 Å². The molecule has 5 rings (SSSR count). The standard InChI is InChI=1S/C29H23ClN2O/c30-24-17-15-21(16-18-24)26(19-20-28(33)22-9-3-1-4-10-22)32-27-14-8-7-13-25(27)31-29(32)23-11-5-2-6-12-23/h1-18,26H,19-20H2. The predicted molar refractivity (Wildman–Crippen MR) is 135 cm³/mol. The summed E-state index contributed by atoms with van der Waals surface area (Å²) < 4.78 is 2.27. The molecule has 0 amide bonds. The zero-order valence-corrected chi connectivity index (χ0v) is 18.8. The summed E-state index contributed by atoms with van der Waals surface area (Å²) in [4.78, 5) is 18.0. The number of aromatic nitrogens is 2. The van der Waals surface area contributed by atoms with Crippen molar-refractivity contribution < 1.29 is 4.79 Å². The van der Waals surface area contributed by atoms with E-state index < -0.39 is 0 Å². The third-order valence-corrected chi connectivity index (χ3v) is 6.19. The molecule has 0 aliphatic carbocycles. The summed E-state index contributed by atoms with van der Waals surface area (Å²) >= 11 is 6.20. The summed E-state index contributed by atoms with van der Waals surface area (Å²) in [5.74, 6) is 1.03. The molecular formula is C29H23ClN2O. The molecule has 162 valence electrons. The minimum absolute atomic E-state index is 0.0717. The molecule has 0 N–H and O–H groups in total. The van der Waals surface area contributed by atoms with Crippen molar-refractivity contribution in [3.05, 3.63) is 125 Å². The maximum Gasteiger partial charge on any atom is 0.162 e. The normalized spacial score (nSPS) is 12.0. The Hall–Kier alpha value is -3.69. The lowest BCUT2D eigenvalue weighted by molar-refractivity contribution is 0.0976. The van der Waals surface area contributed by atoms with Gasteiger partial charge in [-0.25, -0.2) is 4.98 Å². The Bertz CT molecular complexity index is 1380. The fraction of sp³-hybridized carbons (Fsp3) is 0.103. The number of para-hydroxylation sites is 2. The minimum Gasteiger partial charge on any atom is -0.316 e. The Kier molecular flexibility index (Phi) is 6.05. The smallest absolute Gasteiger partial charge is 0.162 e. The van der Waals surface area contributed by atoms with Crippen LogP contribution in [0, 0.1) is 0 Å². The van der Waals surface area contributed by atoms with Gasteiger partial charge in [-0.15, -0.1) is 0 Å². The lowest BCUT2D eigenvalue weighted by atomic mass is 9.97. The summed E-state index contributed by atoms with van der Waals surface area (Å²) in [7, 11) is 0. The highest BCUT2D eigenvalue weighted by Gasteiger charge is 2.23. The Morgan fingerprint density at radius 1 is 0.788 bits per heavy atom. The zero-order valence-electron chi connectivity index (χ0n) is 18.1. The summed E-state index contributed by atoms with van der Waals surface area (Å²) in [6.07, 6.45) is 1.08. The van der Waals surface area contributed by atoms with Crippen molar-refractivity contribution in [2.45, 2.75) is 18.9 Å². The maximum absolute atomic E-state index is 13.0. The average Bonchev–Trinajstić information content (AvgIpc) is 3.26. The number of hydrogen-bond donors (Lipinski definition) is 0. The van der Waals surface area contributed by atoms with Gasteiger partial charge in [0.25, 0.3) is 0 Å². The van der Waals surface area contributed by atoms with Gasteiger partial charge < -0.3 is 4.57 Å². The molecule has 0 fully saturated rings. The van der Waals surface area contributed by atoms with Gasteiger partial charge in [-0.1, -0.05) is 96.5 Å². The van der Waals surface area contributed by atoms with Gasteiger partial charge in [0.1, 0.15) is 5.82 Å². The van der Waals surface area contributed by atoms with Gasteiger partial charge in [0.2, 0.25) is 0 Å². The van der Waals surface area contributed by atoms with Crippen molar-refractivity contribution >= 4 is 28.4 Å². The second-order valence-electron chi connectivity index (χ2n) is 8.06. The number of benzene rings is 4. The van der Waals surface area contributed by atoms with Crippen LogP contribution in [0.15, 0.2) is 109 Å². The van der Waals surface area contributed by atoms with Crippen molar-refractivity contribution in [1.29, 1.82) is 0 Å². The highest BCUT2D eigenvalue weighted by atomic mass is 35.5. The number of carbonyl (C=O) groups is 1. The van der Waals surface area contributed by atoms with Crippen LogP contribution in [0.2, 0.25) is 5.02 Å². The van der Waals surface area contributed by atoms with Crippen LogP contribution < -0.4 is 0 Å². The molecule has 0 radical (unpaired) electrons. The van der Waals surface area contributed by atoms with Crippen LogP contribution in [-0.4, -0.2) is 15.3 Å². The van der Waals surface area contributed by atoms with Crippen molar-refractivity contribution in [2.24, 2.45) is 0 Å². The number of hydrogen-bond acceptors (Lipinski definition) is 2. The first-order valence-corrected chi connectivity index (χ1v) is 11.4. The monoisotopic (exact) mass is 450 g/mol. The van der Waals surface area contributed by atoms with Gasteiger partial charge in [-0.2, -0.15) is 0 Å².